The summed E-state index contributed by atoms with van der Waals surface area (Å²) in [4.78, 5) is 20.5. The average molecular weight is 313 g/mol. The molecule has 1 amide bonds. The Bertz CT molecular complexity index is 433. The van der Waals surface area contributed by atoms with Crippen LogP contribution in [0.2, 0.25) is 0 Å². The molecule has 0 bridgehead atoms. The van der Waals surface area contributed by atoms with Crippen molar-refractivity contribution in [2.24, 2.45) is 11.7 Å². The van der Waals surface area contributed by atoms with Crippen molar-refractivity contribution in [3.63, 3.8) is 0 Å². The summed E-state index contributed by atoms with van der Waals surface area (Å²) in [7, 11) is 0. The predicted molar refractivity (Wildman–Crippen MR) is 86.2 cm³/mol. The van der Waals surface area contributed by atoms with Gasteiger partial charge in [-0.25, -0.2) is 0 Å². The third-order valence-corrected chi connectivity index (χ3v) is 3.82. The highest BCUT2D eigenvalue weighted by atomic mass is 35.5. The van der Waals surface area contributed by atoms with Crippen LogP contribution in [0.5, 0.6) is 0 Å². The van der Waals surface area contributed by atoms with Crippen LogP contribution < -0.4 is 5.73 Å². The van der Waals surface area contributed by atoms with Gasteiger partial charge < -0.3 is 10.6 Å². The lowest BCUT2D eigenvalue weighted by atomic mass is 10.0. The van der Waals surface area contributed by atoms with Crippen molar-refractivity contribution < 1.29 is 4.79 Å². The predicted octanol–water partition coefficient (Wildman–Crippen LogP) is 1.13. The first-order chi connectivity index (χ1) is 9.58. The molecular formula is C15H25ClN4O. The molecule has 2 rings (SSSR count). The monoisotopic (exact) mass is 312 g/mol. The van der Waals surface area contributed by atoms with Crippen LogP contribution in [0.3, 0.4) is 0 Å². The van der Waals surface area contributed by atoms with E-state index in [2.05, 4.69) is 16.0 Å². The SMILES string of the molecule is CC(C)C(N)C(=O)N1CCN(Cc2cccnc2)CC1.Cl. The molecule has 1 unspecified atom stereocenters. The van der Waals surface area contributed by atoms with Crippen LogP contribution in [0, 0.1) is 5.92 Å². The minimum absolute atomic E-state index is 0. The molecule has 0 aliphatic carbocycles. The van der Waals surface area contributed by atoms with E-state index >= 15 is 0 Å². The highest BCUT2D eigenvalue weighted by Crippen LogP contribution is 2.10. The molecule has 6 heteroatoms. The Balaban J connectivity index is 0.00000220. The third-order valence-electron chi connectivity index (χ3n) is 3.82. The zero-order valence-electron chi connectivity index (χ0n) is 12.7. The Morgan fingerprint density at radius 1 is 1.33 bits per heavy atom. The molecule has 5 nitrogen and oxygen atoms in total. The largest absolute Gasteiger partial charge is 0.339 e. The van der Waals surface area contributed by atoms with Gasteiger partial charge in [-0.1, -0.05) is 19.9 Å². The quantitative estimate of drug-likeness (QED) is 0.905. The van der Waals surface area contributed by atoms with Gasteiger partial charge in [0.05, 0.1) is 6.04 Å². The molecule has 1 atom stereocenters. The number of pyridine rings is 1. The summed E-state index contributed by atoms with van der Waals surface area (Å²) >= 11 is 0. The molecule has 0 aromatic carbocycles. The van der Waals surface area contributed by atoms with Crippen molar-refractivity contribution in [2.45, 2.75) is 26.4 Å². The number of nitrogens with zero attached hydrogens (tertiary/aromatic N) is 3. The first-order valence-electron chi connectivity index (χ1n) is 7.23. The normalized spacial score (nSPS) is 17.4. The van der Waals surface area contributed by atoms with Crippen molar-refractivity contribution in [3.05, 3.63) is 30.1 Å². The summed E-state index contributed by atoms with van der Waals surface area (Å²) in [6, 6.07) is 3.66. The van der Waals surface area contributed by atoms with Crippen LogP contribution in [0.1, 0.15) is 19.4 Å². The van der Waals surface area contributed by atoms with Gasteiger partial charge >= 0.3 is 0 Å². The standard InChI is InChI=1S/C15H24N4O.ClH/c1-12(2)14(16)15(20)19-8-6-18(7-9-19)11-13-4-3-5-17-10-13;/h3-5,10,12,14H,6-9,11,16H2,1-2H3;1H. The summed E-state index contributed by atoms with van der Waals surface area (Å²) in [5.74, 6) is 0.275. The van der Waals surface area contributed by atoms with Crippen LogP contribution in [-0.2, 0) is 11.3 Å². The molecule has 0 radical (unpaired) electrons. The summed E-state index contributed by atoms with van der Waals surface area (Å²) in [5, 5.41) is 0. The van der Waals surface area contributed by atoms with E-state index in [0.29, 0.717) is 0 Å². The van der Waals surface area contributed by atoms with Gasteiger partial charge in [-0.05, 0) is 17.5 Å². The van der Waals surface area contributed by atoms with E-state index in [1.54, 1.807) is 6.20 Å². The summed E-state index contributed by atoms with van der Waals surface area (Å²) in [6.07, 6.45) is 3.68. The first-order valence-corrected chi connectivity index (χ1v) is 7.23. The van der Waals surface area contributed by atoms with E-state index in [0.717, 1.165) is 32.7 Å². The van der Waals surface area contributed by atoms with Gasteiger partial charge in [0.25, 0.3) is 0 Å². The lowest BCUT2D eigenvalue weighted by Crippen LogP contribution is -2.54. The fraction of sp³-hybridized carbons (Fsp3) is 0.600. The molecule has 21 heavy (non-hydrogen) atoms. The lowest BCUT2D eigenvalue weighted by molar-refractivity contribution is -0.135. The Kier molecular flexibility index (Phi) is 7.08. The summed E-state index contributed by atoms with van der Waals surface area (Å²) in [6.45, 7) is 8.18. The van der Waals surface area contributed by atoms with Crippen LogP contribution in [0.25, 0.3) is 0 Å². The van der Waals surface area contributed by atoms with Gasteiger partial charge in [0.2, 0.25) is 5.91 Å². The van der Waals surface area contributed by atoms with Gasteiger partial charge in [0.1, 0.15) is 0 Å². The molecule has 1 fully saturated rings. The van der Waals surface area contributed by atoms with Gasteiger partial charge in [-0.2, -0.15) is 0 Å². The number of piperazine rings is 1. The number of halogens is 1. The van der Waals surface area contributed by atoms with E-state index in [1.807, 2.05) is 31.0 Å². The van der Waals surface area contributed by atoms with Crippen LogP contribution in [-0.4, -0.2) is 52.9 Å². The molecule has 1 aliphatic rings. The highest BCUT2D eigenvalue weighted by Gasteiger charge is 2.26. The van der Waals surface area contributed by atoms with E-state index in [9.17, 15) is 4.79 Å². The third kappa shape index (κ3) is 4.95. The fourth-order valence-corrected chi connectivity index (χ4v) is 2.37. The second-order valence-corrected chi connectivity index (χ2v) is 5.73. The highest BCUT2D eigenvalue weighted by molar-refractivity contribution is 5.85. The van der Waals surface area contributed by atoms with Gasteiger partial charge in [0, 0.05) is 45.1 Å². The molecule has 0 spiro atoms. The molecule has 2 heterocycles. The maximum Gasteiger partial charge on any atom is 0.239 e. The van der Waals surface area contributed by atoms with Gasteiger partial charge in [-0.15, -0.1) is 12.4 Å². The molecule has 1 saturated heterocycles. The number of amides is 1. The molecule has 1 aliphatic heterocycles. The van der Waals surface area contributed by atoms with Crippen molar-refractivity contribution in [2.75, 3.05) is 26.2 Å². The minimum Gasteiger partial charge on any atom is -0.339 e. The summed E-state index contributed by atoms with van der Waals surface area (Å²) < 4.78 is 0. The number of carbonyl (C=O) groups excluding carboxylic acids is 1. The van der Waals surface area contributed by atoms with Gasteiger partial charge in [-0.3, -0.25) is 14.7 Å². The van der Waals surface area contributed by atoms with Gasteiger partial charge in [0.15, 0.2) is 0 Å². The van der Waals surface area contributed by atoms with Crippen LogP contribution in [0.15, 0.2) is 24.5 Å². The number of aromatic nitrogens is 1. The molecule has 1 aromatic heterocycles. The van der Waals surface area contributed by atoms with E-state index in [1.165, 1.54) is 5.56 Å². The number of hydrogen-bond acceptors (Lipinski definition) is 4. The Labute approximate surface area is 132 Å². The average Bonchev–Trinajstić information content (AvgIpc) is 2.47. The molecule has 0 saturated carbocycles. The topological polar surface area (TPSA) is 62.5 Å². The first kappa shape index (κ1) is 17.9. The van der Waals surface area contributed by atoms with E-state index in [-0.39, 0.29) is 30.3 Å². The number of hydrogen-bond donors (Lipinski definition) is 1. The van der Waals surface area contributed by atoms with Crippen molar-refractivity contribution in [1.82, 2.24) is 14.8 Å². The zero-order valence-corrected chi connectivity index (χ0v) is 13.6. The maximum atomic E-state index is 12.2. The molecule has 118 valence electrons. The lowest BCUT2D eigenvalue weighted by Gasteiger charge is -2.36. The fourth-order valence-electron chi connectivity index (χ4n) is 2.37. The zero-order chi connectivity index (χ0) is 14.5. The number of rotatable bonds is 4. The van der Waals surface area contributed by atoms with E-state index in [4.69, 9.17) is 5.73 Å². The minimum atomic E-state index is -0.375. The van der Waals surface area contributed by atoms with Crippen molar-refractivity contribution in [1.29, 1.82) is 0 Å². The van der Waals surface area contributed by atoms with Crippen molar-refractivity contribution >= 4 is 18.3 Å². The van der Waals surface area contributed by atoms with Crippen molar-refractivity contribution in [3.8, 4) is 0 Å². The number of carbonyl (C=O) groups is 1. The van der Waals surface area contributed by atoms with Crippen LogP contribution >= 0.6 is 12.4 Å². The second-order valence-electron chi connectivity index (χ2n) is 5.73. The molecule has 2 N–H and O–H groups in total. The second kappa shape index (κ2) is 8.32. The van der Waals surface area contributed by atoms with Crippen LogP contribution in [0.4, 0.5) is 0 Å². The summed E-state index contributed by atoms with van der Waals surface area (Å²) in [5.41, 5.74) is 7.15. The Morgan fingerprint density at radius 3 is 2.52 bits per heavy atom. The molecular weight excluding hydrogens is 288 g/mol. The number of nitrogens with two attached hydrogens (primary N) is 1. The Morgan fingerprint density at radius 2 is 2.00 bits per heavy atom. The van der Waals surface area contributed by atoms with E-state index < -0.39 is 0 Å². The Hall–Kier alpha value is -1.17. The molecule has 1 aromatic rings. The maximum absolute atomic E-state index is 12.2. The smallest absolute Gasteiger partial charge is 0.239 e.